The minimum Gasteiger partial charge on any atom is -0.326 e. The van der Waals surface area contributed by atoms with Crippen molar-refractivity contribution in [2.24, 2.45) is 5.73 Å². The van der Waals surface area contributed by atoms with Crippen LogP contribution in [-0.2, 0) is 17.8 Å². The van der Waals surface area contributed by atoms with Gasteiger partial charge in [0.15, 0.2) is 0 Å². The third-order valence-electron chi connectivity index (χ3n) is 3.25. The van der Waals surface area contributed by atoms with Crippen LogP contribution in [0.1, 0.15) is 5.56 Å². The maximum Gasteiger partial charge on any atom is 0.248 e. The molecule has 1 aromatic heterocycles. The highest BCUT2D eigenvalue weighted by molar-refractivity contribution is 5.94. The maximum absolute atomic E-state index is 12.4. The molecule has 2 heterocycles. The van der Waals surface area contributed by atoms with Crippen molar-refractivity contribution >= 4 is 11.6 Å². The molecule has 1 aliphatic rings. The number of para-hydroxylation sites is 1. The zero-order valence-electron chi connectivity index (χ0n) is 10.4. The van der Waals surface area contributed by atoms with E-state index in [0.29, 0.717) is 6.54 Å². The molecule has 19 heavy (non-hydrogen) atoms. The SMILES string of the molecule is NC1Cc2ccccc2N(C(=O)Cn2cncn2)C1. The van der Waals surface area contributed by atoms with E-state index in [-0.39, 0.29) is 18.5 Å². The molecular weight excluding hydrogens is 242 g/mol. The highest BCUT2D eigenvalue weighted by Gasteiger charge is 2.26. The summed E-state index contributed by atoms with van der Waals surface area (Å²) in [6, 6.07) is 7.86. The van der Waals surface area contributed by atoms with Crippen molar-refractivity contribution in [3.63, 3.8) is 0 Å². The van der Waals surface area contributed by atoms with Crippen LogP contribution in [0.5, 0.6) is 0 Å². The Bertz CT molecular complexity index is 580. The lowest BCUT2D eigenvalue weighted by Crippen LogP contribution is -2.47. The molecular formula is C13H15N5O. The number of benzene rings is 1. The molecule has 0 radical (unpaired) electrons. The zero-order chi connectivity index (χ0) is 13.2. The second-order valence-corrected chi connectivity index (χ2v) is 4.69. The van der Waals surface area contributed by atoms with Gasteiger partial charge in [0.05, 0.1) is 0 Å². The normalized spacial score (nSPS) is 18.2. The molecule has 98 valence electrons. The van der Waals surface area contributed by atoms with Crippen molar-refractivity contribution < 1.29 is 4.79 Å². The second kappa shape index (κ2) is 4.81. The smallest absolute Gasteiger partial charge is 0.248 e. The van der Waals surface area contributed by atoms with Crippen LogP contribution in [0.3, 0.4) is 0 Å². The summed E-state index contributed by atoms with van der Waals surface area (Å²) >= 11 is 0. The second-order valence-electron chi connectivity index (χ2n) is 4.69. The van der Waals surface area contributed by atoms with Crippen LogP contribution in [0.25, 0.3) is 0 Å². The van der Waals surface area contributed by atoms with Crippen molar-refractivity contribution in [1.29, 1.82) is 0 Å². The van der Waals surface area contributed by atoms with E-state index in [4.69, 9.17) is 5.73 Å². The number of anilines is 1. The Kier molecular flexibility index (Phi) is 3.00. The van der Waals surface area contributed by atoms with Gasteiger partial charge in [-0.2, -0.15) is 5.10 Å². The number of amides is 1. The maximum atomic E-state index is 12.4. The van der Waals surface area contributed by atoms with E-state index < -0.39 is 0 Å². The van der Waals surface area contributed by atoms with Gasteiger partial charge >= 0.3 is 0 Å². The monoisotopic (exact) mass is 257 g/mol. The summed E-state index contributed by atoms with van der Waals surface area (Å²) in [5.74, 6) is -0.0203. The van der Waals surface area contributed by atoms with Gasteiger partial charge in [-0.15, -0.1) is 0 Å². The van der Waals surface area contributed by atoms with E-state index in [2.05, 4.69) is 10.1 Å². The summed E-state index contributed by atoms with van der Waals surface area (Å²) in [6.07, 6.45) is 3.76. The molecule has 1 aromatic carbocycles. The number of carbonyl (C=O) groups excluding carboxylic acids is 1. The number of fused-ring (bicyclic) bond motifs is 1. The zero-order valence-corrected chi connectivity index (χ0v) is 10.4. The van der Waals surface area contributed by atoms with Gasteiger partial charge in [0.25, 0.3) is 0 Å². The number of hydrogen-bond acceptors (Lipinski definition) is 4. The lowest BCUT2D eigenvalue weighted by Gasteiger charge is -2.33. The third-order valence-corrected chi connectivity index (χ3v) is 3.25. The van der Waals surface area contributed by atoms with E-state index in [1.54, 1.807) is 4.90 Å². The van der Waals surface area contributed by atoms with Gasteiger partial charge in [-0.05, 0) is 18.1 Å². The highest BCUT2D eigenvalue weighted by atomic mass is 16.2. The Morgan fingerprint density at radius 1 is 1.42 bits per heavy atom. The van der Waals surface area contributed by atoms with Crippen molar-refractivity contribution in [2.45, 2.75) is 19.0 Å². The van der Waals surface area contributed by atoms with E-state index in [9.17, 15) is 4.79 Å². The van der Waals surface area contributed by atoms with E-state index in [0.717, 1.165) is 17.7 Å². The van der Waals surface area contributed by atoms with E-state index >= 15 is 0 Å². The number of aromatic nitrogens is 3. The van der Waals surface area contributed by atoms with Crippen LogP contribution < -0.4 is 10.6 Å². The Morgan fingerprint density at radius 3 is 3.05 bits per heavy atom. The Morgan fingerprint density at radius 2 is 2.26 bits per heavy atom. The highest BCUT2D eigenvalue weighted by Crippen LogP contribution is 2.26. The van der Waals surface area contributed by atoms with E-state index in [1.165, 1.54) is 17.3 Å². The Balaban J connectivity index is 1.86. The molecule has 0 spiro atoms. The molecule has 0 saturated heterocycles. The minimum absolute atomic E-state index is 0.0189. The molecule has 0 aliphatic carbocycles. The first kappa shape index (κ1) is 11.9. The van der Waals surface area contributed by atoms with Crippen LogP contribution in [-0.4, -0.2) is 33.3 Å². The summed E-state index contributed by atoms with van der Waals surface area (Å²) < 4.78 is 1.52. The first-order valence-electron chi connectivity index (χ1n) is 6.20. The molecule has 1 aliphatic heterocycles. The average molecular weight is 257 g/mol. The fourth-order valence-electron chi connectivity index (χ4n) is 2.40. The number of hydrogen-bond donors (Lipinski definition) is 1. The molecule has 0 saturated carbocycles. The first-order valence-corrected chi connectivity index (χ1v) is 6.20. The lowest BCUT2D eigenvalue weighted by atomic mass is 9.98. The van der Waals surface area contributed by atoms with Gasteiger partial charge in [0, 0.05) is 18.3 Å². The van der Waals surface area contributed by atoms with Crippen molar-refractivity contribution in [2.75, 3.05) is 11.4 Å². The summed E-state index contributed by atoms with van der Waals surface area (Å²) in [5.41, 5.74) is 8.09. The van der Waals surface area contributed by atoms with Gasteiger partial charge in [0.1, 0.15) is 19.2 Å². The molecule has 2 N–H and O–H groups in total. The quantitative estimate of drug-likeness (QED) is 0.833. The molecule has 1 unspecified atom stereocenters. The topological polar surface area (TPSA) is 77.0 Å². The van der Waals surface area contributed by atoms with Crippen molar-refractivity contribution in [1.82, 2.24) is 14.8 Å². The summed E-state index contributed by atoms with van der Waals surface area (Å²) in [5, 5.41) is 3.95. The molecule has 2 aromatic rings. The first-order chi connectivity index (χ1) is 9.24. The third kappa shape index (κ3) is 2.34. The lowest BCUT2D eigenvalue weighted by molar-refractivity contribution is -0.119. The standard InChI is InChI=1S/C13H15N5O/c14-11-5-10-3-1-2-4-12(10)18(6-11)13(19)7-17-9-15-8-16-17/h1-4,8-9,11H,5-7,14H2. The van der Waals surface area contributed by atoms with E-state index in [1.807, 2.05) is 24.3 Å². The van der Waals surface area contributed by atoms with Gasteiger partial charge in [-0.1, -0.05) is 18.2 Å². The van der Waals surface area contributed by atoms with Crippen molar-refractivity contribution in [3.8, 4) is 0 Å². The van der Waals surface area contributed by atoms with Crippen LogP contribution in [0, 0.1) is 0 Å². The Labute approximate surface area is 110 Å². The summed E-state index contributed by atoms with van der Waals surface area (Å²) in [6.45, 7) is 0.728. The van der Waals surface area contributed by atoms with Crippen molar-refractivity contribution in [3.05, 3.63) is 42.5 Å². The number of nitrogens with two attached hydrogens (primary N) is 1. The number of carbonyl (C=O) groups is 1. The molecule has 0 fully saturated rings. The molecule has 6 heteroatoms. The molecule has 1 atom stereocenters. The van der Waals surface area contributed by atoms with Crippen LogP contribution in [0.15, 0.2) is 36.9 Å². The van der Waals surface area contributed by atoms with Crippen LogP contribution in [0.4, 0.5) is 5.69 Å². The molecule has 6 nitrogen and oxygen atoms in total. The predicted molar refractivity (Wildman–Crippen MR) is 70.5 cm³/mol. The fourth-order valence-corrected chi connectivity index (χ4v) is 2.40. The minimum atomic E-state index is -0.0203. The average Bonchev–Trinajstić information content (AvgIpc) is 2.90. The largest absolute Gasteiger partial charge is 0.326 e. The van der Waals surface area contributed by atoms with Gasteiger partial charge in [0.2, 0.25) is 5.91 Å². The van der Waals surface area contributed by atoms with Gasteiger partial charge < -0.3 is 10.6 Å². The number of nitrogens with zero attached hydrogens (tertiary/aromatic N) is 4. The van der Waals surface area contributed by atoms with Gasteiger partial charge in [-0.25, -0.2) is 9.67 Å². The summed E-state index contributed by atoms with van der Waals surface area (Å²) in [4.78, 5) is 17.9. The Hall–Kier alpha value is -2.21. The predicted octanol–water partition coefficient (Wildman–Crippen LogP) is 0.195. The molecule has 3 rings (SSSR count). The fraction of sp³-hybridized carbons (Fsp3) is 0.308. The number of rotatable bonds is 2. The van der Waals surface area contributed by atoms with Crippen LogP contribution >= 0.6 is 0 Å². The summed E-state index contributed by atoms with van der Waals surface area (Å²) in [7, 11) is 0. The molecule has 0 bridgehead atoms. The van der Waals surface area contributed by atoms with Crippen LogP contribution in [0.2, 0.25) is 0 Å². The molecule has 1 amide bonds. The van der Waals surface area contributed by atoms with Gasteiger partial charge in [-0.3, -0.25) is 4.79 Å².